The van der Waals surface area contributed by atoms with Crippen LogP contribution in [0.1, 0.15) is 44.0 Å². The summed E-state index contributed by atoms with van der Waals surface area (Å²) in [4.78, 5) is 37.3. The second-order valence-electron chi connectivity index (χ2n) is 4.68. The minimum absolute atomic E-state index is 0.0726. The number of rotatable bonds is 5. The fourth-order valence-electron chi connectivity index (χ4n) is 2.26. The predicted octanol–water partition coefficient (Wildman–Crippen LogP) is 1.11. The molecule has 0 radical (unpaired) electrons. The Morgan fingerprint density at radius 3 is 2.86 bits per heavy atom. The molecule has 0 aliphatic carbocycles. The lowest BCUT2D eigenvalue weighted by molar-refractivity contribution is -0.117. The van der Waals surface area contributed by atoms with Crippen LogP contribution in [-0.4, -0.2) is 19.5 Å². The maximum atomic E-state index is 12.9. The number of carbonyl (C=O) groups is 1. The molecule has 0 aliphatic rings. The topological polar surface area (TPSA) is 66.0 Å². The van der Waals surface area contributed by atoms with Crippen molar-refractivity contribution in [2.24, 2.45) is 14.0 Å². The quantitative estimate of drug-likeness (QED) is 0.830. The average Bonchev–Trinajstić information content (AvgIpc) is 2.86. The van der Waals surface area contributed by atoms with Gasteiger partial charge in [0.05, 0.1) is 6.76 Å². The Morgan fingerprint density at radius 2 is 2.19 bits per heavy atom. The molecule has 0 saturated heterocycles. The molecule has 2 heterocycles. The molecule has 0 aliphatic heterocycles. The molecule has 2 aromatic heterocycles. The minimum Gasteiger partial charge on any atom is -0.336 e. The lowest BCUT2D eigenvalue weighted by atomic mass is 10.2. The van der Waals surface area contributed by atoms with E-state index in [4.69, 9.17) is 12.3 Å². The standard InChI is InChI=1S/C15H21N3O3/c1-10-9-16(3)13-12(10)14(20)18(15(21)17(13)4)8-6-5-7-11(2)19/h9H,5-8H2,1-4H3/i2D3,3D3,7D2,9D. The van der Waals surface area contributed by atoms with Crippen LogP contribution in [0.5, 0.6) is 0 Å². The van der Waals surface area contributed by atoms with Crippen molar-refractivity contribution < 1.29 is 17.1 Å². The molecular formula is C15H21N3O3. The smallest absolute Gasteiger partial charge is 0.332 e. The Labute approximate surface area is 135 Å². The number of Topliss-reactive ketones (excluding diaryl/α,β-unsaturated/α-hetero) is 1. The van der Waals surface area contributed by atoms with Crippen molar-refractivity contribution in [3.05, 3.63) is 32.6 Å². The van der Waals surface area contributed by atoms with Gasteiger partial charge in [-0.25, -0.2) is 4.79 Å². The summed E-state index contributed by atoms with van der Waals surface area (Å²) in [6.45, 7) is -4.84. The van der Waals surface area contributed by atoms with Crippen LogP contribution in [0.2, 0.25) is 0 Å². The molecule has 0 fully saturated rings. The van der Waals surface area contributed by atoms with Crippen LogP contribution >= 0.6 is 0 Å². The van der Waals surface area contributed by atoms with Crippen LogP contribution in [-0.2, 0) is 25.4 Å². The molecule has 21 heavy (non-hydrogen) atoms. The summed E-state index contributed by atoms with van der Waals surface area (Å²) in [7, 11) is 1.25. The Balaban J connectivity index is 2.51. The summed E-state index contributed by atoms with van der Waals surface area (Å²) in [5.74, 6) is -1.56. The summed E-state index contributed by atoms with van der Waals surface area (Å²) in [6, 6.07) is 0. The van der Waals surface area contributed by atoms with Gasteiger partial charge in [-0.15, -0.1) is 0 Å². The van der Waals surface area contributed by atoms with E-state index in [0.29, 0.717) is 4.57 Å². The molecular weight excluding hydrogens is 270 g/mol. The van der Waals surface area contributed by atoms with Crippen molar-refractivity contribution >= 4 is 16.8 Å². The molecule has 0 N–H and O–H groups in total. The first-order chi connectivity index (χ1) is 13.4. The third-order valence-corrected chi connectivity index (χ3v) is 3.23. The van der Waals surface area contributed by atoms with Crippen LogP contribution in [0, 0.1) is 6.92 Å². The third-order valence-electron chi connectivity index (χ3n) is 3.23. The molecule has 0 bridgehead atoms. The van der Waals surface area contributed by atoms with Gasteiger partial charge in [0.2, 0.25) is 0 Å². The van der Waals surface area contributed by atoms with E-state index in [1.54, 1.807) is 0 Å². The summed E-state index contributed by atoms with van der Waals surface area (Å²) >= 11 is 0. The highest BCUT2D eigenvalue weighted by Crippen LogP contribution is 2.13. The molecule has 114 valence electrons. The van der Waals surface area contributed by atoms with E-state index in [9.17, 15) is 14.4 Å². The SMILES string of the molecule is [2H]c1c(C)c2c(=O)n(CCCC([2H])([2H])C(=O)C([2H])([2H])[2H])c(=O)n(C)c2n1C([2H])([2H])[2H]. The fourth-order valence-corrected chi connectivity index (χ4v) is 2.26. The van der Waals surface area contributed by atoms with E-state index in [1.807, 2.05) is 0 Å². The number of nitrogens with zero attached hydrogens (tertiary/aromatic N) is 3. The van der Waals surface area contributed by atoms with Crippen LogP contribution in [0.4, 0.5) is 0 Å². The van der Waals surface area contributed by atoms with E-state index in [2.05, 4.69) is 0 Å². The molecule has 0 aromatic carbocycles. The predicted molar refractivity (Wildman–Crippen MR) is 81.7 cm³/mol. The summed E-state index contributed by atoms with van der Waals surface area (Å²) in [5, 5.41) is -0.125. The highest BCUT2D eigenvalue weighted by atomic mass is 16.2. The van der Waals surface area contributed by atoms with Crippen molar-refractivity contribution in [1.29, 1.82) is 0 Å². The number of hydrogen-bond donors (Lipinski definition) is 0. The van der Waals surface area contributed by atoms with E-state index in [-0.39, 0.29) is 29.6 Å². The van der Waals surface area contributed by atoms with Crippen molar-refractivity contribution in [1.82, 2.24) is 13.7 Å². The second kappa shape index (κ2) is 5.71. The Morgan fingerprint density at radius 1 is 1.43 bits per heavy atom. The molecule has 0 atom stereocenters. The third kappa shape index (κ3) is 2.70. The molecule has 0 unspecified atom stereocenters. The lowest BCUT2D eigenvalue weighted by Crippen LogP contribution is -2.39. The van der Waals surface area contributed by atoms with Crippen molar-refractivity contribution in [3.8, 4) is 0 Å². The van der Waals surface area contributed by atoms with Crippen LogP contribution in [0.15, 0.2) is 15.8 Å². The van der Waals surface area contributed by atoms with Gasteiger partial charge in [0.15, 0.2) is 0 Å². The zero-order chi connectivity index (χ0) is 23.4. The van der Waals surface area contributed by atoms with Gasteiger partial charge in [-0.05, 0) is 32.2 Å². The number of carbonyl (C=O) groups excluding carboxylic acids is 1. The molecule has 0 spiro atoms. The van der Waals surface area contributed by atoms with E-state index in [1.165, 1.54) is 14.0 Å². The first kappa shape index (κ1) is 7.24. The van der Waals surface area contributed by atoms with Gasteiger partial charge < -0.3 is 9.36 Å². The average molecular weight is 300 g/mol. The zero-order valence-electron chi connectivity index (χ0n) is 20.7. The van der Waals surface area contributed by atoms with E-state index >= 15 is 0 Å². The number of hydrogen-bond acceptors (Lipinski definition) is 3. The maximum absolute atomic E-state index is 12.9. The largest absolute Gasteiger partial charge is 0.336 e. The van der Waals surface area contributed by atoms with E-state index < -0.39 is 49.8 Å². The van der Waals surface area contributed by atoms with Gasteiger partial charge in [0.25, 0.3) is 5.56 Å². The number of fused-ring (bicyclic) bond motifs is 1. The van der Waals surface area contributed by atoms with E-state index in [0.717, 1.165) is 9.13 Å². The first-order valence-corrected chi connectivity index (χ1v) is 6.29. The number of ketones is 1. The van der Waals surface area contributed by atoms with Gasteiger partial charge >= 0.3 is 5.69 Å². The molecule has 2 rings (SSSR count). The molecule has 2 aromatic rings. The van der Waals surface area contributed by atoms with Crippen molar-refractivity contribution in [3.63, 3.8) is 0 Å². The summed E-state index contributed by atoms with van der Waals surface area (Å²) < 4.78 is 69.6. The lowest BCUT2D eigenvalue weighted by Gasteiger charge is -2.09. The van der Waals surface area contributed by atoms with Gasteiger partial charge in [-0.1, -0.05) is 0 Å². The highest BCUT2D eigenvalue weighted by molar-refractivity contribution is 5.79. The van der Waals surface area contributed by atoms with Gasteiger partial charge in [0, 0.05) is 44.1 Å². The number of aryl methyl sites for hydroxylation is 3. The molecule has 6 nitrogen and oxygen atoms in total. The van der Waals surface area contributed by atoms with Crippen molar-refractivity contribution in [2.75, 3.05) is 0 Å². The molecule has 0 saturated carbocycles. The summed E-state index contributed by atoms with van der Waals surface area (Å²) in [5.41, 5.74) is -1.87. The van der Waals surface area contributed by atoms with Crippen LogP contribution in [0.25, 0.3) is 11.0 Å². The first-order valence-electron chi connectivity index (χ1n) is 10.8. The zero-order valence-corrected chi connectivity index (χ0v) is 11.7. The van der Waals surface area contributed by atoms with Crippen molar-refractivity contribution in [2.45, 2.75) is 39.5 Å². The van der Waals surface area contributed by atoms with Crippen LogP contribution < -0.4 is 11.2 Å². The van der Waals surface area contributed by atoms with Crippen LogP contribution in [0.3, 0.4) is 0 Å². The fraction of sp³-hybridized carbons (Fsp3) is 0.533. The Hall–Kier alpha value is -2.11. The molecule has 6 heteroatoms. The highest BCUT2D eigenvalue weighted by Gasteiger charge is 2.15. The van der Waals surface area contributed by atoms with Gasteiger partial charge in [-0.2, -0.15) is 0 Å². The van der Waals surface area contributed by atoms with Gasteiger partial charge in [0.1, 0.15) is 11.4 Å². The van der Waals surface area contributed by atoms with Gasteiger partial charge in [-0.3, -0.25) is 13.9 Å². The second-order valence-corrected chi connectivity index (χ2v) is 4.68. The minimum atomic E-state index is -3.12. The normalized spacial score (nSPS) is 19.4. The number of aromatic nitrogens is 3. The Bertz CT molecular complexity index is 1120. The monoisotopic (exact) mass is 300 g/mol. The molecule has 0 amide bonds. The Kier molecular flexibility index (Phi) is 1.97. The summed E-state index contributed by atoms with van der Waals surface area (Å²) in [6.07, 6.45) is -3.83. The maximum Gasteiger partial charge on any atom is 0.332 e.